The van der Waals surface area contributed by atoms with E-state index >= 15 is 0 Å². The molecule has 17 heavy (non-hydrogen) atoms. The first kappa shape index (κ1) is 11.9. The summed E-state index contributed by atoms with van der Waals surface area (Å²) in [5, 5.41) is 0. The van der Waals surface area contributed by atoms with Gasteiger partial charge in [0.15, 0.2) is 11.6 Å². The Morgan fingerprint density at radius 3 is 2.59 bits per heavy atom. The molecule has 6 heteroatoms. The second kappa shape index (κ2) is 5.18. The number of benzene rings is 1. The van der Waals surface area contributed by atoms with Gasteiger partial charge in [-0.3, -0.25) is 0 Å². The highest BCUT2D eigenvalue weighted by atomic mass is 79.9. The highest BCUT2D eigenvalue weighted by Gasteiger charge is 2.03. The van der Waals surface area contributed by atoms with Crippen LogP contribution in [-0.2, 0) is 6.61 Å². The molecule has 0 radical (unpaired) electrons. The van der Waals surface area contributed by atoms with Crippen LogP contribution in [-0.4, -0.2) is 9.97 Å². The Hall–Kier alpha value is -1.56. The first-order chi connectivity index (χ1) is 8.15. The van der Waals surface area contributed by atoms with E-state index in [9.17, 15) is 8.78 Å². The summed E-state index contributed by atoms with van der Waals surface area (Å²) < 4.78 is 31.4. The van der Waals surface area contributed by atoms with E-state index in [1.807, 2.05) is 0 Å². The Bertz CT molecular complexity index is 519. The van der Waals surface area contributed by atoms with Crippen LogP contribution in [0.5, 0.6) is 5.88 Å². The lowest BCUT2D eigenvalue weighted by molar-refractivity contribution is 0.291. The van der Waals surface area contributed by atoms with E-state index in [2.05, 4.69) is 25.9 Å². The molecule has 0 aliphatic carbocycles. The molecular weight excluding hydrogens is 294 g/mol. The number of aromatic nitrogens is 2. The predicted octanol–water partition coefficient (Wildman–Crippen LogP) is 3.10. The molecule has 88 valence electrons. The van der Waals surface area contributed by atoms with E-state index in [-0.39, 0.29) is 6.61 Å². The van der Waals surface area contributed by atoms with Crippen molar-refractivity contribution in [3.8, 4) is 5.88 Å². The number of halogens is 3. The Morgan fingerprint density at radius 1 is 1.12 bits per heavy atom. The van der Waals surface area contributed by atoms with Gasteiger partial charge in [0.2, 0.25) is 5.88 Å². The number of nitrogens with zero attached hydrogens (tertiary/aromatic N) is 2. The van der Waals surface area contributed by atoms with Crippen LogP contribution in [0.2, 0.25) is 0 Å². The summed E-state index contributed by atoms with van der Waals surface area (Å²) in [6, 6.07) is 3.59. The quantitative estimate of drug-likeness (QED) is 0.874. The van der Waals surface area contributed by atoms with Crippen molar-refractivity contribution >= 4 is 15.9 Å². The number of rotatable bonds is 3. The standard InChI is InChI=1S/C11H7BrF2N2O/c12-10-4-16-11(5-15-10)17-6-7-1-2-8(13)9(14)3-7/h1-5H,6H2. The van der Waals surface area contributed by atoms with Crippen LogP contribution in [0.15, 0.2) is 35.2 Å². The van der Waals surface area contributed by atoms with Crippen molar-refractivity contribution in [1.82, 2.24) is 9.97 Å². The molecule has 1 aromatic heterocycles. The van der Waals surface area contributed by atoms with Gasteiger partial charge in [-0.15, -0.1) is 0 Å². The smallest absolute Gasteiger partial charge is 0.232 e. The molecule has 1 heterocycles. The fourth-order valence-corrected chi connectivity index (χ4v) is 1.37. The van der Waals surface area contributed by atoms with Crippen LogP contribution >= 0.6 is 15.9 Å². The van der Waals surface area contributed by atoms with Crippen molar-refractivity contribution in [1.29, 1.82) is 0 Å². The van der Waals surface area contributed by atoms with E-state index < -0.39 is 11.6 Å². The van der Waals surface area contributed by atoms with Gasteiger partial charge in [0, 0.05) is 0 Å². The predicted molar refractivity (Wildman–Crippen MR) is 60.4 cm³/mol. The average molecular weight is 301 g/mol. The largest absolute Gasteiger partial charge is 0.472 e. The fourth-order valence-electron chi connectivity index (χ4n) is 1.16. The highest BCUT2D eigenvalue weighted by Crippen LogP contribution is 2.13. The Labute approximate surface area is 105 Å². The van der Waals surface area contributed by atoms with Gasteiger partial charge in [0.25, 0.3) is 0 Å². The van der Waals surface area contributed by atoms with Crippen LogP contribution in [0, 0.1) is 11.6 Å². The van der Waals surface area contributed by atoms with Gasteiger partial charge in [0.1, 0.15) is 11.2 Å². The summed E-state index contributed by atoms with van der Waals surface area (Å²) in [5.74, 6) is -1.46. The van der Waals surface area contributed by atoms with E-state index in [0.717, 1.165) is 12.1 Å². The summed E-state index contributed by atoms with van der Waals surface area (Å²) in [6.07, 6.45) is 2.92. The number of hydrogen-bond acceptors (Lipinski definition) is 3. The zero-order chi connectivity index (χ0) is 12.3. The molecule has 0 amide bonds. The van der Waals surface area contributed by atoms with Crippen LogP contribution in [0.1, 0.15) is 5.56 Å². The van der Waals surface area contributed by atoms with Gasteiger partial charge in [-0.25, -0.2) is 18.7 Å². The Kier molecular flexibility index (Phi) is 3.63. The first-order valence-corrected chi connectivity index (χ1v) is 5.49. The summed E-state index contributed by atoms with van der Waals surface area (Å²) >= 11 is 3.14. The van der Waals surface area contributed by atoms with Gasteiger partial charge in [-0.2, -0.15) is 0 Å². The van der Waals surface area contributed by atoms with Crippen LogP contribution in [0.3, 0.4) is 0 Å². The number of ether oxygens (including phenoxy) is 1. The zero-order valence-electron chi connectivity index (χ0n) is 8.53. The molecule has 0 aliphatic heterocycles. The van der Waals surface area contributed by atoms with E-state index in [4.69, 9.17) is 4.74 Å². The third kappa shape index (κ3) is 3.20. The van der Waals surface area contributed by atoms with Crippen molar-refractivity contribution in [2.24, 2.45) is 0 Å². The summed E-state index contributed by atoms with van der Waals surface area (Å²) in [6.45, 7) is 0.105. The van der Waals surface area contributed by atoms with E-state index in [0.29, 0.717) is 16.0 Å². The molecule has 0 bridgehead atoms. The minimum atomic E-state index is -0.895. The molecule has 0 unspecified atom stereocenters. The highest BCUT2D eigenvalue weighted by molar-refractivity contribution is 9.10. The molecular formula is C11H7BrF2N2O. The summed E-state index contributed by atoms with van der Waals surface area (Å²) in [7, 11) is 0. The molecule has 0 fully saturated rings. The maximum absolute atomic E-state index is 12.9. The van der Waals surface area contributed by atoms with Gasteiger partial charge >= 0.3 is 0 Å². The minimum absolute atomic E-state index is 0.105. The van der Waals surface area contributed by atoms with Crippen molar-refractivity contribution in [3.63, 3.8) is 0 Å². The number of hydrogen-bond donors (Lipinski definition) is 0. The SMILES string of the molecule is Fc1ccc(COc2cnc(Br)cn2)cc1F. The third-order valence-electron chi connectivity index (χ3n) is 1.97. The molecule has 1 aromatic carbocycles. The maximum atomic E-state index is 12.9. The van der Waals surface area contributed by atoms with Crippen molar-refractivity contribution in [3.05, 3.63) is 52.4 Å². The lowest BCUT2D eigenvalue weighted by Crippen LogP contribution is -1.99. The Morgan fingerprint density at radius 2 is 1.94 bits per heavy atom. The lowest BCUT2D eigenvalue weighted by atomic mass is 10.2. The lowest BCUT2D eigenvalue weighted by Gasteiger charge is -2.05. The van der Waals surface area contributed by atoms with Gasteiger partial charge in [-0.1, -0.05) is 6.07 Å². The molecule has 0 N–H and O–H groups in total. The maximum Gasteiger partial charge on any atom is 0.232 e. The average Bonchev–Trinajstić information content (AvgIpc) is 2.33. The monoisotopic (exact) mass is 300 g/mol. The normalized spacial score (nSPS) is 10.3. The van der Waals surface area contributed by atoms with Gasteiger partial charge in [0.05, 0.1) is 12.4 Å². The van der Waals surface area contributed by atoms with Crippen LogP contribution in [0.4, 0.5) is 8.78 Å². The molecule has 3 nitrogen and oxygen atoms in total. The molecule has 0 saturated carbocycles. The molecule has 0 spiro atoms. The fraction of sp³-hybridized carbons (Fsp3) is 0.0909. The van der Waals surface area contributed by atoms with Gasteiger partial charge < -0.3 is 4.74 Å². The summed E-state index contributed by atoms with van der Waals surface area (Å²) in [5.41, 5.74) is 0.522. The van der Waals surface area contributed by atoms with Crippen molar-refractivity contribution in [2.45, 2.75) is 6.61 Å². The van der Waals surface area contributed by atoms with Crippen molar-refractivity contribution in [2.75, 3.05) is 0 Å². The minimum Gasteiger partial charge on any atom is -0.472 e. The van der Waals surface area contributed by atoms with E-state index in [1.54, 1.807) is 0 Å². The third-order valence-corrected chi connectivity index (χ3v) is 2.38. The van der Waals surface area contributed by atoms with Crippen molar-refractivity contribution < 1.29 is 13.5 Å². The zero-order valence-corrected chi connectivity index (χ0v) is 10.1. The summed E-state index contributed by atoms with van der Waals surface area (Å²) in [4.78, 5) is 7.85. The molecule has 2 rings (SSSR count). The first-order valence-electron chi connectivity index (χ1n) is 4.69. The Balaban J connectivity index is 2.02. The second-order valence-corrected chi connectivity index (χ2v) is 4.03. The molecule has 0 saturated heterocycles. The second-order valence-electron chi connectivity index (χ2n) is 3.21. The topological polar surface area (TPSA) is 35.0 Å². The van der Waals surface area contributed by atoms with E-state index in [1.165, 1.54) is 18.5 Å². The van der Waals surface area contributed by atoms with Gasteiger partial charge in [-0.05, 0) is 33.6 Å². The van der Waals surface area contributed by atoms with Crippen LogP contribution < -0.4 is 4.74 Å². The van der Waals surface area contributed by atoms with Crippen LogP contribution in [0.25, 0.3) is 0 Å². The molecule has 0 atom stereocenters. The molecule has 2 aromatic rings. The molecule has 0 aliphatic rings.